The maximum Gasteiger partial charge on any atom is 0.263 e. The van der Waals surface area contributed by atoms with Gasteiger partial charge in [-0.15, -0.1) is 6.42 Å². The maximum atomic E-state index is 5.55. The summed E-state index contributed by atoms with van der Waals surface area (Å²) in [5, 5.41) is 1.15. The number of halogens is 1. The van der Waals surface area contributed by atoms with Crippen molar-refractivity contribution in [3.05, 3.63) is 77.8 Å². The number of nitrogens with zero attached hydrogens (tertiary/aromatic N) is 3. The molecule has 5 heteroatoms. The normalized spacial score (nSPS) is 10.7. The van der Waals surface area contributed by atoms with Crippen molar-refractivity contribution < 1.29 is 21.5 Å². The lowest BCUT2D eigenvalue weighted by Crippen LogP contribution is -3.00. The fourth-order valence-electron chi connectivity index (χ4n) is 2.77. The zero-order valence-corrected chi connectivity index (χ0v) is 16.3. The summed E-state index contributed by atoms with van der Waals surface area (Å²) >= 11 is 1.75. The molecule has 0 atom stereocenters. The molecule has 0 N–H and O–H groups in total. The predicted molar refractivity (Wildman–Crippen MR) is 103 cm³/mol. The van der Waals surface area contributed by atoms with Crippen LogP contribution in [0.15, 0.2) is 67.3 Å². The largest absolute Gasteiger partial charge is 1.00 e. The van der Waals surface area contributed by atoms with Crippen molar-refractivity contribution in [2.75, 3.05) is 0 Å². The first kappa shape index (κ1) is 18.1. The first-order chi connectivity index (χ1) is 12.3. The van der Waals surface area contributed by atoms with Crippen LogP contribution >= 0.6 is 11.3 Å². The Morgan fingerprint density at radius 2 is 1.92 bits per heavy atom. The molecule has 4 aromatic rings. The van der Waals surface area contributed by atoms with Crippen LogP contribution in [0.25, 0.3) is 28.1 Å². The van der Waals surface area contributed by atoms with Crippen molar-refractivity contribution in [3.63, 3.8) is 0 Å². The average Bonchev–Trinajstić information content (AvgIpc) is 3.30. The summed E-state index contributed by atoms with van der Waals surface area (Å²) in [5.74, 6) is 2.75. The minimum Gasteiger partial charge on any atom is -1.00 e. The maximum absolute atomic E-state index is 5.55. The number of terminal acetylenes is 1. The highest BCUT2D eigenvalue weighted by molar-refractivity contribution is 7.18. The molecule has 0 amide bonds. The van der Waals surface area contributed by atoms with Crippen LogP contribution in [-0.4, -0.2) is 9.55 Å². The van der Waals surface area contributed by atoms with Crippen molar-refractivity contribution in [1.29, 1.82) is 0 Å². The summed E-state index contributed by atoms with van der Waals surface area (Å²) in [6, 6.07) is 16.7. The van der Waals surface area contributed by atoms with E-state index < -0.39 is 0 Å². The first-order valence-corrected chi connectivity index (χ1v) is 8.78. The van der Waals surface area contributed by atoms with Gasteiger partial charge in [0.05, 0.1) is 6.33 Å². The monoisotopic (exact) mass is 421 g/mol. The van der Waals surface area contributed by atoms with Crippen molar-refractivity contribution in [2.45, 2.75) is 6.54 Å². The van der Waals surface area contributed by atoms with Gasteiger partial charge in [0.2, 0.25) is 12.1 Å². The Bertz CT molecular complexity index is 1070. The Kier molecular flexibility index (Phi) is 5.67. The molecule has 26 heavy (non-hydrogen) atoms. The van der Waals surface area contributed by atoms with Crippen LogP contribution in [0.2, 0.25) is 0 Å². The van der Waals surface area contributed by atoms with Crippen molar-refractivity contribution in [2.24, 2.45) is 0 Å². The highest BCUT2D eigenvalue weighted by atomic mass is 79.9. The van der Waals surface area contributed by atoms with E-state index in [9.17, 15) is 0 Å². The quantitative estimate of drug-likeness (QED) is 0.358. The molecular weight excluding hydrogens is 406 g/mol. The van der Waals surface area contributed by atoms with E-state index in [2.05, 4.69) is 70.1 Å². The highest BCUT2D eigenvalue weighted by Gasteiger charge is 2.16. The van der Waals surface area contributed by atoms with Gasteiger partial charge in [-0.1, -0.05) is 35.6 Å². The number of aromatic nitrogens is 3. The van der Waals surface area contributed by atoms with Crippen LogP contribution in [0.3, 0.4) is 0 Å². The minimum absolute atomic E-state index is 0. The van der Waals surface area contributed by atoms with Crippen molar-refractivity contribution >= 4 is 33.7 Å². The van der Waals surface area contributed by atoms with Crippen molar-refractivity contribution in [3.8, 4) is 18.0 Å². The Balaban J connectivity index is 0.00000196. The molecule has 0 radical (unpaired) electrons. The van der Waals surface area contributed by atoms with Crippen LogP contribution in [0, 0.1) is 12.3 Å². The zero-order chi connectivity index (χ0) is 17.1. The summed E-state index contributed by atoms with van der Waals surface area (Å²) in [6.07, 6.45) is 15.3. The molecule has 0 saturated heterocycles. The number of benzene rings is 2. The third-order valence-electron chi connectivity index (χ3n) is 4.00. The molecule has 0 saturated carbocycles. The van der Waals surface area contributed by atoms with Gasteiger partial charge in [0.1, 0.15) is 4.70 Å². The second kappa shape index (κ2) is 8.13. The molecule has 0 spiro atoms. The summed E-state index contributed by atoms with van der Waals surface area (Å²) in [4.78, 5) is 4.08. The van der Waals surface area contributed by atoms with Crippen LogP contribution in [-0.2, 0) is 6.54 Å². The molecule has 4 rings (SSSR count). The van der Waals surface area contributed by atoms with Gasteiger partial charge in [0.25, 0.3) is 5.01 Å². The number of imidazole rings is 1. The standard InChI is InChI=1S/C21H16N3S.BrH/c1-2-14-24-19-5-3-4-6-20(19)25-21(24)12-9-17-7-10-18(11-8-17)23-15-13-22-16-23;/h1,3-13,15-16H,14H2;1H/q+1;/p-1. The van der Waals surface area contributed by atoms with E-state index in [1.807, 2.05) is 16.8 Å². The van der Waals surface area contributed by atoms with E-state index in [-0.39, 0.29) is 17.0 Å². The number of thiazole rings is 1. The number of hydrogen-bond acceptors (Lipinski definition) is 2. The second-order valence-electron chi connectivity index (χ2n) is 5.59. The highest BCUT2D eigenvalue weighted by Crippen LogP contribution is 2.22. The van der Waals surface area contributed by atoms with Crippen LogP contribution in [0.1, 0.15) is 10.6 Å². The molecule has 2 aromatic carbocycles. The van der Waals surface area contributed by atoms with E-state index in [1.54, 1.807) is 23.9 Å². The van der Waals surface area contributed by atoms with Crippen LogP contribution < -0.4 is 21.5 Å². The van der Waals surface area contributed by atoms with Gasteiger partial charge in [0, 0.05) is 30.2 Å². The number of fused-ring (bicyclic) bond motifs is 1. The minimum atomic E-state index is 0. The predicted octanol–water partition coefficient (Wildman–Crippen LogP) is 1.18. The molecule has 2 heterocycles. The lowest BCUT2D eigenvalue weighted by atomic mass is 10.2. The molecular formula is C21H16BrN3S. The van der Waals surface area contributed by atoms with E-state index in [0.29, 0.717) is 6.54 Å². The van der Waals surface area contributed by atoms with Gasteiger partial charge in [-0.3, -0.25) is 0 Å². The summed E-state index contributed by atoms with van der Waals surface area (Å²) < 4.78 is 5.41. The Labute approximate surface area is 167 Å². The Hall–Kier alpha value is -2.68. The Morgan fingerprint density at radius 3 is 2.65 bits per heavy atom. The molecule has 3 nitrogen and oxygen atoms in total. The van der Waals surface area contributed by atoms with E-state index in [4.69, 9.17) is 6.42 Å². The summed E-state index contributed by atoms with van der Waals surface area (Å²) in [6.45, 7) is 0.573. The van der Waals surface area contributed by atoms with Crippen LogP contribution in [0.4, 0.5) is 0 Å². The molecule has 0 fully saturated rings. The number of rotatable bonds is 4. The van der Waals surface area contributed by atoms with Gasteiger partial charge in [-0.25, -0.2) is 4.98 Å². The number of hydrogen-bond donors (Lipinski definition) is 0. The smallest absolute Gasteiger partial charge is 0.263 e. The molecule has 0 bridgehead atoms. The third-order valence-corrected chi connectivity index (χ3v) is 5.13. The molecule has 2 aromatic heterocycles. The Morgan fingerprint density at radius 1 is 1.12 bits per heavy atom. The third kappa shape index (κ3) is 3.62. The lowest BCUT2D eigenvalue weighted by Gasteiger charge is -2.01. The summed E-state index contributed by atoms with van der Waals surface area (Å²) in [5.41, 5.74) is 3.42. The van der Waals surface area contributed by atoms with E-state index in [1.165, 1.54) is 10.2 Å². The van der Waals surface area contributed by atoms with Gasteiger partial charge in [-0.2, -0.15) is 4.57 Å². The van der Waals surface area contributed by atoms with E-state index in [0.717, 1.165) is 16.3 Å². The molecule has 0 aliphatic rings. The van der Waals surface area contributed by atoms with Gasteiger partial charge in [-0.05, 0) is 35.8 Å². The molecule has 128 valence electrons. The fraction of sp³-hybridized carbons (Fsp3) is 0.0476. The van der Waals surface area contributed by atoms with Crippen molar-refractivity contribution in [1.82, 2.24) is 9.55 Å². The second-order valence-corrected chi connectivity index (χ2v) is 6.66. The topological polar surface area (TPSA) is 21.7 Å². The number of para-hydroxylation sites is 1. The molecule has 0 unspecified atom stereocenters. The zero-order valence-electron chi connectivity index (χ0n) is 13.9. The lowest BCUT2D eigenvalue weighted by molar-refractivity contribution is -0.655. The molecule has 0 aliphatic heterocycles. The average molecular weight is 422 g/mol. The first-order valence-electron chi connectivity index (χ1n) is 7.96. The van der Waals surface area contributed by atoms with Crippen LogP contribution in [0.5, 0.6) is 0 Å². The van der Waals surface area contributed by atoms with Gasteiger partial charge < -0.3 is 21.5 Å². The molecule has 0 aliphatic carbocycles. The van der Waals surface area contributed by atoms with Gasteiger partial charge in [0.15, 0.2) is 0 Å². The SMILES string of the molecule is C#CC[n+]1c(/C=C/c2ccc(-n3ccnc3)cc2)sc2ccccc21.[Br-]. The summed E-state index contributed by atoms with van der Waals surface area (Å²) in [7, 11) is 0. The van der Waals surface area contributed by atoms with E-state index >= 15 is 0 Å². The van der Waals surface area contributed by atoms with Gasteiger partial charge >= 0.3 is 0 Å². The fourth-order valence-corrected chi connectivity index (χ4v) is 3.83.